The first-order chi connectivity index (χ1) is 14.1. The molecule has 0 unspecified atom stereocenters. The van der Waals surface area contributed by atoms with E-state index in [-0.39, 0.29) is 11.9 Å². The molecule has 2 aromatic rings. The van der Waals surface area contributed by atoms with Crippen LogP contribution in [0.4, 0.5) is 16.2 Å². The Morgan fingerprint density at radius 3 is 2.69 bits per heavy atom. The molecule has 6 heteroatoms. The number of aryl methyl sites for hydroxylation is 1. The van der Waals surface area contributed by atoms with Gasteiger partial charge in [-0.2, -0.15) is 0 Å². The third kappa shape index (κ3) is 5.50. The van der Waals surface area contributed by atoms with E-state index >= 15 is 0 Å². The minimum atomic E-state index is -0.167. The zero-order chi connectivity index (χ0) is 20.6. The molecule has 1 N–H and O–H groups in total. The average molecular weight is 396 g/mol. The predicted octanol–water partition coefficient (Wildman–Crippen LogP) is 4.31. The van der Waals surface area contributed by atoms with Gasteiger partial charge in [0.15, 0.2) is 0 Å². The third-order valence-electron chi connectivity index (χ3n) is 5.19. The SMILES string of the molecule is COc1ccc(NC(=O)N(C)CCCc2ccccc2)cc1N1CCCCC1=O. The minimum Gasteiger partial charge on any atom is -0.495 e. The Morgan fingerprint density at radius 2 is 1.97 bits per heavy atom. The Bertz CT molecular complexity index is 839. The van der Waals surface area contributed by atoms with Gasteiger partial charge in [0, 0.05) is 32.2 Å². The predicted molar refractivity (Wildman–Crippen MR) is 116 cm³/mol. The van der Waals surface area contributed by atoms with Crippen LogP contribution in [0.3, 0.4) is 0 Å². The summed E-state index contributed by atoms with van der Waals surface area (Å²) in [6.45, 7) is 1.33. The lowest BCUT2D eigenvalue weighted by molar-refractivity contribution is -0.119. The van der Waals surface area contributed by atoms with Crippen molar-refractivity contribution in [1.29, 1.82) is 0 Å². The smallest absolute Gasteiger partial charge is 0.321 e. The maximum atomic E-state index is 12.6. The fraction of sp³-hybridized carbons (Fsp3) is 0.391. The number of nitrogens with one attached hydrogen (secondary N) is 1. The Morgan fingerprint density at radius 1 is 1.17 bits per heavy atom. The largest absolute Gasteiger partial charge is 0.495 e. The van der Waals surface area contributed by atoms with E-state index in [4.69, 9.17) is 4.74 Å². The highest BCUT2D eigenvalue weighted by Crippen LogP contribution is 2.33. The van der Waals surface area contributed by atoms with Crippen molar-refractivity contribution in [3.63, 3.8) is 0 Å². The maximum absolute atomic E-state index is 12.6. The summed E-state index contributed by atoms with van der Waals surface area (Å²) in [6.07, 6.45) is 4.26. The third-order valence-corrected chi connectivity index (χ3v) is 5.19. The summed E-state index contributed by atoms with van der Waals surface area (Å²) in [6, 6.07) is 15.5. The van der Waals surface area contributed by atoms with Crippen molar-refractivity contribution in [3.05, 3.63) is 54.1 Å². The molecule has 0 saturated carbocycles. The van der Waals surface area contributed by atoms with Crippen molar-refractivity contribution >= 4 is 23.3 Å². The molecule has 1 heterocycles. The van der Waals surface area contributed by atoms with Crippen molar-refractivity contribution in [2.24, 2.45) is 0 Å². The van der Waals surface area contributed by atoms with E-state index in [1.807, 2.05) is 24.3 Å². The van der Waals surface area contributed by atoms with E-state index in [1.165, 1.54) is 5.56 Å². The van der Waals surface area contributed by atoms with Crippen LogP contribution < -0.4 is 15.0 Å². The molecule has 0 atom stereocenters. The molecular weight excluding hydrogens is 366 g/mol. The van der Waals surface area contributed by atoms with Crippen molar-refractivity contribution in [3.8, 4) is 5.75 Å². The highest BCUT2D eigenvalue weighted by atomic mass is 16.5. The van der Waals surface area contributed by atoms with Crippen molar-refractivity contribution in [2.75, 3.05) is 37.5 Å². The monoisotopic (exact) mass is 395 g/mol. The number of urea groups is 1. The molecule has 3 amide bonds. The normalized spacial score (nSPS) is 13.9. The van der Waals surface area contributed by atoms with Gasteiger partial charge in [0.25, 0.3) is 0 Å². The fourth-order valence-corrected chi connectivity index (χ4v) is 3.52. The van der Waals surface area contributed by atoms with Crippen molar-refractivity contribution in [2.45, 2.75) is 32.1 Å². The highest BCUT2D eigenvalue weighted by Gasteiger charge is 2.23. The minimum absolute atomic E-state index is 0.0936. The lowest BCUT2D eigenvalue weighted by atomic mass is 10.1. The molecule has 1 saturated heterocycles. The second-order valence-electron chi connectivity index (χ2n) is 7.33. The van der Waals surface area contributed by atoms with Crippen LogP contribution in [0.2, 0.25) is 0 Å². The van der Waals surface area contributed by atoms with Gasteiger partial charge in [-0.3, -0.25) is 4.79 Å². The second-order valence-corrected chi connectivity index (χ2v) is 7.33. The first-order valence-corrected chi connectivity index (χ1v) is 10.1. The van der Waals surface area contributed by atoms with Crippen LogP contribution in [-0.4, -0.2) is 44.1 Å². The van der Waals surface area contributed by atoms with Crippen LogP contribution in [0.5, 0.6) is 5.75 Å². The Hall–Kier alpha value is -3.02. The lowest BCUT2D eigenvalue weighted by Crippen LogP contribution is -2.35. The van der Waals surface area contributed by atoms with Gasteiger partial charge in [0.05, 0.1) is 12.8 Å². The molecule has 0 aromatic heterocycles. The lowest BCUT2D eigenvalue weighted by Gasteiger charge is -2.28. The van der Waals surface area contributed by atoms with Crippen LogP contribution >= 0.6 is 0 Å². The van der Waals surface area contributed by atoms with E-state index in [0.717, 1.165) is 25.7 Å². The number of amides is 3. The van der Waals surface area contributed by atoms with Crippen LogP contribution in [0.25, 0.3) is 0 Å². The first kappa shape index (κ1) is 20.7. The van der Waals surface area contributed by atoms with E-state index in [1.54, 1.807) is 36.1 Å². The Kier molecular flexibility index (Phi) is 7.11. The van der Waals surface area contributed by atoms with E-state index in [2.05, 4.69) is 17.4 Å². The molecule has 1 fully saturated rings. The maximum Gasteiger partial charge on any atom is 0.321 e. The van der Waals surface area contributed by atoms with E-state index in [0.29, 0.717) is 36.6 Å². The number of piperidine rings is 1. The quantitative estimate of drug-likeness (QED) is 0.760. The molecule has 0 bridgehead atoms. The van der Waals surface area contributed by atoms with E-state index in [9.17, 15) is 9.59 Å². The zero-order valence-electron chi connectivity index (χ0n) is 17.2. The zero-order valence-corrected chi connectivity index (χ0v) is 17.2. The van der Waals surface area contributed by atoms with Crippen LogP contribution in [0, 0.1) is 0 Å². The van der Waals surface area contributed by atoms with Gasteiger partial charge in [-0.05, 0) is 49.4 Å². The standard InChI is InChI=1S/C23H29N3O3/c1-25(15-8-11-18-9-4-3-5-10-18)23(28)24-19-13-14-21(29-2)20(17-19)26-16-7-6-12-22(26)27/h3-5,9-10,13-14,17H,6-8,11-12,15-16H2,1-2H3,(H,24,28). The molecule has 0 aliphatic carbocycles. The van der Waals surface area contributed by atoms with Gasteiger partial charge in [-0.15, -0.1) is 0 Å². The summed E-state index contributed by atoms with van der Waals surface area (Å²) < 4.78 is 5.43. The molecule has 1 aliphatic rings. The first-order valence-electron chi connectivity index (χ1n) is 10.1. The van der Waals surface area contributed by atoms with Crippen molar-refractivity contribution in [1.82, 2.24) is 4.90 Å². The number of hydrogen-bond donors (Lipinski definition) is 1. The average Bonchev–Trinajstić information content (AvgIpc) is 2.74. The summed E-state index contributed by atoms with van der Waals surface area (Å²) in [5.41, 5.74) is 2.63. The molecule has 0 radical (unpaired) electrons. The molecule has 6 nitrogen and oxygen atoms in total. The number of hydrogen-bond acceptors (Lipinski definition) is 3. The van der Waals surface area contributed by atoms with Gasteiger partial charge < -0.3 is 19.9 Å². The molecule has 29 heavy (non-hydrogen) atoms. The Balaban J connectivity index is 1.60. The molecule has 3 rings (SSSR count). The number of ether oxygens (including phenoxy) is 1. The van der Waals surface area contributed by atoms with Gasteiger partial charge in [0.1, 0.15) is 5.75 Å². The van der Waals surface area contributed by atoms with Crippen LogP contribution in [0.15, 0.2) is 48.5 Å². The molecule has 1 aliphatic heterocycles. The highest BCUT2D eigenvalue weighted by molar-refractivity contribution is 5.97. The van der Waals surface area contributed by atoms with Gasteiger partial charge in [-0.1, -0.05) is 30.3 Å². The summed E-state index contributed by atoms with van der Waals surface area (Å²) in [4.78, 5) is 28.3. The number of rotatable bonds is 7. The summed E-state index contributed by atoms with van der Waals surface area (Å²) in [7, 11) is 3.38. The van der Waals surface area contributed by atoms with Gasteiger partial charge in [-0.25, -0.2) is 4.79 Å². The van der Waals surface area contributed by atoms with Crippen LogP contribution in [0.1, 0.15) is 31.2 Å². The number of carbonyl (C=O) groups excluding carboxylic acids is 2. The van der Waals surface area contributed by atoms with Crippen molar-refractivity contribution < 1.29 is 14.3 Å². The summed E-state index contributed by atoms with van der Waals surface area (Å²) in [5, 5.41) is 2.93. The molecular formula is C23H29N3O3. The fourth-order valence-electron chi connectivity index (χ4n) is 3.52. The summed E-state index contributed by atoms with van der Waals surface area (Å²) >= 11 is 0. The molecule has 154 valence electrons. The number of carbonyl (C=O) groups is 2. The number of nitrogens with zero attached hydrogens (tertiary/aromatic N) is 2. The topological polar surface area (TPSA) is 61.9 Å². The van der Waals surface area contributed by atoms with Crippen LogP contribution in [-0.2, 0) is 11.2 Å². The summed E-state index contributed by atoms with van der Waals surface area (Å²) in [5.74, 6) is 0.727. The number of anilines is 2. The molecule has 2 aromatic carbocycles. The molecule has 0 spiro atoms. The number of methoxy groups -OCH3 is 1. The Labute approximate surface area is 172 Å². The van der Waals surface area contributed by atoms with E-state index < -0.39 is 0 Å². The van der Waals surface area contributed by atoms with Gasteiger partial charge >= 0.3 is 6.03 Å². The second kappa shape index (κ2) is 9.96. The number of benzene rings is 2. The van der Waals surface area contributed by atoms with Gasteiger partial charge in [0.2, 0.25) is 5.91 Å².